The zero-order valence-corrected chi connectivity index (χ0v) is 15.2. The van der Waals surface area contributed by atoms with E-state index in [1.54, 1.807) is 6.07 Å². The van der Waals surface area contributed by atoms with Gasteiger partial charge in [0, 0.05) is 24.8 Å². The predicted molar refractivity (Wildman–Crippen MR) is 102 cm³/mol. The number of likely N-dealkylation sites (tertiary alicyclic amines) is 1. The number of benzene rings is 2. The average Bonchev–Trinajstić information content (AvgIpc) is 2.73. The normalized spacial score (nSPS) is 18.8. The highest BCUT2D eigenvalue weighted by Gasteiger charge is 2.24. The molecule has 1 atom stereocenters. The van der Waals surface area contributed by atoms with Crippen LogP contribution in [0.3, 0.4) is 0 Å². The van der Waals surface area contributed by atoms with Gasteiger partial charge in [-0.2, -0.15) is 0 Å². The molecule has 0 saturated carbocycles. The fourth-order valence-corrected chi connectivity index (χ4v) is 3.37. The summed E-state index contributed by atoms with van der Waals surface area (Å²) in [5, 5.41) is 2.95. The van der Waals surface area contributed by atoms with Gasteiger partial charge in [0.15, 0.2) is 11.5 Å². The molecule has 6 heteroatoms. The molecule has 1 fully saturated rings. The molecular formula is C21H24N2O4. The van der Waals surface area contributed by atoms with Gasteiger partial charge in [-0.1, -0.05) is 30.3 Å². The molecule has 2 aliphatic heterocycles. The third kappa shape index (κ3) is 4.52. The van der Waals surface area contributed by atoms with Gasteiger partial charge >= 0.3 is 6.03 Å². The lowest BCUT2D eigenvalue weighted by Gasteiger charge is -2.32. The van der Waals surface area contributed by atoms with Crippen molar-refractivity contribution in [3.63, 3.8) is 0 Å². The Balaban J connectivity index is 1.32. The number of ether oxygens (including phenoxy) is 3. The highest BCUT2D eigenvalue weighted by atomic mass is 16.6. The number of carbonyl (C=O) groups is 1. The zero-order valence-electron chi connectivity index (χ0n) is 15.2. The molecule has 6 nitrogen and oxygen atoms in total. The topological polar surface area (TPSA) is 60.0 Å². The Hall–Kier alpha value is -2.73. The number of amides is 2. The molecule has 2 aromatic rings. The molecule has 0 bridgehead atoms. The van der Waals surface area contributed by atoms with Crippen LogP contribution in [0.15, 0.2) is 48.5 Å². The first kappa shape index (κ1) is 17.7. The number of nitrogens with zero attached hydrogens (tertiary/aromatic N) is 1. The van der Waals surface area contributed by atoms with Crippen LogP contribution < -0.4 is 14.8 Å². The van der Waals surface area contributed by atoms with E-state index in [2.05, 4.69) is 17.4 Å². The molecule has 0 aromatic heterocycles. The summed E-state index contributed by atoms with van der Waals surface area (Å²) in [5.74, 6) is 1.38. The first-order valence-electron chi connectivity index (χ1n) is 9.39. The second kappa shape index (κ2) is 8.31. The van der Waals surface area contributed by atoms with E-state index in [1.807, 2.05) is 35.2 Å². The SMILES string of the molecule is O=C(Nc1ccc2c(c1)OCCO2)N1CCC[C@@H](OCc2ccccc2)C1. The number of hydrogen-bond donors (Lipinski definition) is 1. The fourth-order valence-electron chi connectivity index (χ4n) is 3.37. The third-order valence-electron chi connectivity index (χ3n) is 4.79. The van der Waals surface area contributed by atoms with Crippen molar-refractivity contribution in [2.75, 3.05) is 31.6 Å². The molecule has 0 unspecified atom stereocenters. The molecule has 2 amide bonds. The molecule has 27 heavy (non-hydrogen) atoms. The quantitative estimate of drug-likeness (QED) is 0.895. The van der Waals surface area contributed by atoms with Gasteiger partial charge in [-0.05, 0) is 30.5 Å². The van der Waals surface area contributed by atoms with Crippen LogP contribution in [0.2, 0.25) is 0 Å². The Morgan fingerprint density at radius 3 is 2.78 bits per heavy atom. The van der Waals surface area contributed by atoms with Crippen molar-refractivity contribution < 1.29 is 19.0 Å². The summed E-state index contributed by atoms with van der Waals surface area (Å²) in [6.07, 6.45) is 1.97. The maximum Gasteiger partial charge on any atom is 0.321 e. The molecular weight excluding hydrogens is 344 g/mol. The third-order valence-corrected chi connectivity index (χ3v) is 4.79. The van der Waals surface area contributed by atoms with Crippen LogP contribution in [0.25, 0.3) is 0 Å². The maximum atomic E-state index is 12.6. The van der Waals surface area contributed by atoms with Crippen molar-refractivity contribution in [1.29, 1.82) is 0 Å². The van der Waals surface area contributed by atoms with Crippen LogP contribution >= 0.6 is 0 Å². The average molecular weight is 368 g/mol. The number of rotatable bonds is 4. The van der Waals surface area contributed by atoms with Gasteiger partial charge in [-0.25, -0.2) is 4.79 Å². The van der Waals surface area contributed by atoms with Crippen molar-refractivity contribution in [3.8, 4) is 11.5 Å². The number of fused-ring (bicyclic) bond motifs is 1. The van der Waals surface area contributed by atoms with E-state index in [4.69, 9.17) is 14.2 Å². The second-order valence-corrected chi connectivity index (χ2v) is 6.80. The minimum atomic E-state index is -0.111. The van der Waals surface area contributed by atoms with Crippen LogP contribution in [0.5, 0.6) is 11.5 Å². The largest absolute Gasteiger partial charge is 0.486 e. The lowest BCUT2D eigenvalue weighted by molar-refractivity contribution is 0.00102. The number of anilines is 1. The zero-order chi connectivity index (χ0) is 18.5. The molecule has 0 aliphatic carbocycles. The van der Waals surface area contributed by atoms with Gasteiger partial charge in [0.25, 0.3) is 0 Å². The Morgan fingerprint density at radius 1 is 1.11 bits per heavy atom. The van der Waals surface area contributed by atoms with Gasteiger partial charge in [-0.3, -0.25) is 0 Å². The lowest BCUT2D eigenvalue weighted by Crippen LogP contribution is -2.45. The Kier molecular flexibility index (Phi) is 5.44. The summed E-state index contributed by atoms with van der Waals surface area (Å²) in [6, 6.07) is 15.5. The monoisotopic (exact) mass is 368 g/mol. The summed E-state index contributed by atoms with van der Waals surface area (Å²) in [4.78, 5) is 14.5. The highest BCUT2D eigenvalue weighted by molar-refractivity contribution is 5.89. The molecule has 2 aliphatic rings. The van der Waals surface area contributed by atoms with Crippen LogP contribution in [0.1, 0.15) is 18.4 Å². The van der Waals surface area contributed by atoms with Crippen molar-refractivity contribution in [1.82, 2.24) is 4.90 Å². The van der Waals surface area contributed by atoms with Gasteiger partial charge < -0.3 is 24.4 Å². The van der Waals surface area contributed by atoms with E-state index in [0.717, 1.165) is 24.9 Å². The van der Waals surface area contributed by atoms with E-state index in [0.29, 0.717) is 43.6 Å². The molecule has 0 radical (unpaired) electrons. The molecule has 0 spiro atoms. The van der Waals surface area contributed by atoms with E-state index < -0.39 is 0 Å². The molecule has 1 N–H and O–H groups in total. The first-order valence-corrected chi connectivity index (χ1v) is 9.39. The molecule has 4 rings (SSSR count). The van der Waals surface area contributed by atoms with Gasteiger partial charge in [0.05, 0.1) is 12.7 Å². The van der Waals surface area contributed by atoms with Crippen LogP contribution in [0, 0.1) is 0 Å². The van der Waals surface area contributed by atoms with Crippen molar-refractivity contribution in [3.05, 3.63) is 54.1 Å². The minimum absolute atomic E-state index is 0.0602. The summed E-state index contributed by atoms with van der Waals surface area (Å²) in [5.41, 5.74) is 1.85. The van der Waals surface area contributed by atoms with Crippen LogP contribution in [0.4, 0.5) is 10.5 Å². The lowest BCUT2D eigenvalue weighted by atomic mass is 10.1. The fraction of sp³-hybridized carbons (Fsp3) is 0.381. The van der Waals surface area contributed by atoms with Crippen molar-refractivity contribution >= 4 is 11.7 Å². The highest BCUT2D eigenvalue weighted by Crippen LogP contribution is 2.32. The van der Waals surface area contributed by atoms with E-state index in [9.17, 15) is 4.79 Å². The van der Waals surface area contributed by atoms with Crippen molar-refractivity contribution in [2.24, 2.45) is 0 Å². The summed E-state index contributed by atoms with van der Waals surface area (Å²) < 4.78 is 17.1. The maximum absolute atomic E-state index is 12.6. The summed E-state index contributed by atoms with van der Waals surface area (Å²) in [6.45, 7) is 2.99. The molecule has 1 saturated heterocycles. The van der Waals surface area contributed by atoms with E-state index >= 15 is 0 Å². The molecule has 142 valence electrons. The summed E-state index contributed by atoms with van der Waals surface area (Å²) in [7, 11) is 0. The smallest absolute Gasteiger partial charge is 0.321 e. The number of nitrogens with one attached hydrogen (secondary N) is 1. The Morgan fingerprint density at radius 2 is 1.93 bits per heavy atom. The standard InChI is InChI=1S/C21H24N2O4/c24-21(22-17-8-9-19-20(13-17)26-12-11-25-19)23-10-4-7-18(14-23)27-15-16-5-2-1-3-6-16/h1-3,5-6,8-9,13,18H,4,7,10-12,14-15H2,(H,22,24)/t18-/m1/s1. The van der Waals surface area contributed by atoms with Gasteiger partial charge in [0.1, 0.15) is 13.2 Å². The first-order chi connectivity index (χ1) is 13.3. The number of hydrogen-bond acceptors (Lipinski definition) is 4. The Bertz CT molecular complexity index is 781. The van der Waals surface area contributed by atoms with Crippen molar-refractivity contribution in [2.45, 2.75) is 25.6 Å². The Labute approximate surface area is 159 Å². The molecule has 2 aromatic carbocycles. The van der Waals surface area contributed by atoms with E-state index in [1.165, 1.54) is 0 Å². The van der Waals surface area contributed by atoms with Gasteiger partial charge in [-0.15, -0.1) is 0 Å². The van der Waals surface area contributed by atoms with E-state index in [-0.39, 0.29) is 12.1 Å². The molecule has 2 heterocycles. The number of carbonyl (C=O) groups excluding carboxylic acids is 1. The van der Waals surface area contributed by atoms with Crippen LogP contribution in [-0.4, -0.2) is 43.3 Å². The van der Waals surface area contributed by atoms with Crippen LogP contribution in [-0.2, 0) is 11.3 Å². The summed E-state index contributed by atoms with van der Waals surface area (Å²) >= 11 is 0. The van der Waals surface area contributed by atoms with Gasteiger partial charge in [0.2, 0.25) is 0 Å². The minimum Gasteiger partial charge on any atom is -0.486 e. The number of urea groups is 1. The predicted octanol–water partition coefficient (Wildman–Crippen LogP) is 3.67. The second-order valence-electron chi connectivity index (χ2n) is 6.80. The number of piperidine rings is 1.